The van der Waals surface area contributed by atoms with Crippen molar-refractivity contribution in [1.82, 2.24) is 5.43 Å². The van der Waals surface area contributed by atoms with Crippen LogP contribution in [0.15, 0.2) is 59.7 Å². The fraction of sp³-hybridized carbons (Fsp3) is 0.192. The maximum atomic E-state index is 12.5. The minimum atomic E-state index is -0.252. The summed E-state index contributed by atoms with van der Waals surface area (Å²) in [6.07, 6.45) is 1.59. The number of nitrogens with one attached hydrogen (secondary N) is 3. The molecule has 3 rings (SSSR count). The van der Waals surface area contributed by atoms with Crippen molar-refractivity contribution in [3.63, 3.8) is 0 Å². The molecule has 0 radical (unpaired) electrons. The van der Waals surface area contributed by atoms with Crippen LogP contribution in [0.2, 0.25) is 5.02 Å². The number of hydrazone groups is 1. The highest BCUT2D eigenvalue weighted by Crippen LogP contribution is 2.28. The zero-order chi connectivity index (χ0) is 25.4. The third kappa shape index (κ3) is 7.70. The summed E-state index contributed by atoms with van der Waals surface area (Å²) in [4.78, 5) is 12.5. The summed E-state index contributed by atoms with van der Waals surface area (Å²) in [7, 11) is 1.53. The summed E-state index contributed by atoms with van der Waals surface area (Å²) in [5, 5.41) is 11.0. The molecule has 0 heterocycles. The number of amides is 1. The van der Waals surface area contributed by atoms with Crippen LogP contribution in [-0.2, 0) is 4.79 Å². The monoisotopic (exact) mass is 510 g/mol. The second-order valence-corrected chi connectivity index (χ2v) is 8.70. The maximum Gasteiger partial charge on any atom is 0.262 e. The number of rotatable bonds is 8. The zero-order valence-electron chi connectivity index (χ0n) is 19.9. The number of benzene rings is 3. The topological polar surface area (TPSA) is 84.0 Å². The van der Waals surface area contributed by atoms with Gasteiger partial charge in [0.1, 0.15) is 0 Å². The summed E-state index contributed by atoms with van der Waals surface area (Å²) in [6.45, 7) is 5.81. The number of carbonyl (C=O) groups is 1. The van der Waals surface area contributed by atoms with Crippen molar-refractivity contribution < 1.29 is 14.3 Å². The summed E-state index contributed by atoms with van der Waals surface area (Å²) in [5.74, 6) is 0.671. The molecule has 0 unspecified atom stereocenters. The lowest BCUT2D eigenvalue weighted by Crippen LogP contribution is -2.23. The number of thiocarbonyl (C=S) groups is 1. The largest absolute Gasteiger partial charge is 0.493 e. The molecule has 0 saturated carbocycles. The van der Waals surface area contributed by atoms with Crippen LogP contribution < -0.4 is 25.5 Å². The molecule has 0 saturated heterocycles. The van der Waals surface area contributed by atoms with Crippen molar-refractivity contribution in [1.29, 1.82) is 0 Å². The van der Waals surface area contributed by atoms with Crippen LogP contribution in [0.3, 0.4) is 0 Å². The molecular weight excluding hydrogens is 484 g/mol. The Labute approximate surface area is 215 Å². The molecule has 0 bridgehead atoms. The van der Waals surface area contributed by atoms with E-state index >= 15 is 0 Å². The van der Waals surface area contributed by atoms with E-state index in [1.807, 2.05) is 45.0 Å². The van der Waals surface area contributed by atoms with Crippen LogP contribution in [0.5, 0.6) is 11.5 Å². The van der Waals surface area contributed by atoms with E-state index in [0.717, 1.165) is 33.6 Å². The highest BCUT2D eigenvalue weighted by atomic mass is 35.5. The molecule has 0 fully saturated rings. The van der Waals surface area contributed by atoms with Crippen molar-refractivity contribution in [3.05, 3.63) is 81.9 Å². The molecule has 182 valence electrons. The Morgan fingerprint density at radius 2 is 1.77 bits per heavy atom. The van der Waals surface area contributed by atoms with Crippen molar-refractivity contribution >= 4 is 52.4 Å². The molecule has 3 aromatic rings. The van der Waals surface area contributed by atoms with Crippen molar-refractivity contribution in [2.45, 2.75) is 20.8 Å². The lowest BCUT2D eigenvalue weighted by molar-refractivity contribution is -0.118. The number of hydrogen-bond donors (Lipinski definition) is 3. The molecule has 0 spiro atoms. The Hall–Kier alpha value is -3.62. The van der Waals surface area contributed by atoms with E-state index in [0.29, 0.717) is 21.6 Å². The van der Waals surface area contributed by atoms with Crippen molar-refractivity contribution in [2.75, 3.05) is 24.4 Å². The number of nitrogens with zero attached hydrogens (tertiary/aromatic N) is 1. The van der Waals surface area contributed by atoms with Crippen LogP contribution in [0.1, 0.15) is 22.3 Å². The number of anilines is 2. The van der Waals surface area contributed by atoms with Crippen LogP contribution in [0, 0.1) is 20.8 Å². The van der Waals surface area contributed by atoms with E-state index in [1.54, 1.807) is 36.5 Å². The van der Waals surface area contributed by atoms with Gasteiger partial charge in [0.25, 0.3) is 5.91 Å². The van der Waals surface area contributed by atoms with E-state index in [2.05, 4.69) is 21.2 Å². The van der Waals surface area contributed by atoms with Gasteiger partial charge in [-0.2, -0.15) is 5.10 Å². The summed E-state index contributed by atoms with van der Waals surface area (Å²) >= 11 is 11.2. The van der Waals surface area contributed by atoms with Crippen LogP contribution in [-0.4, -0.2) is 31.0 Å². The average Bonchev–Trinajstić information content (AvgIpc) is 2.80. The minimum Gasteiger partial charge on any atom is -0.493 e. The Morgan fingerprint density at radius 3 is 2.46 bits per heavy atom. The number of methoxy groups -OCH3 is 1. The first kappa shape index (κ1) is 26.0. The van der Waals surface area contributed by atoms with Gasteiger partial charge in [0.2, 0.25) is 0 Å². The van der Waals surface area contributed by atoms with Gasteiger partial charge >= 0.3 is 0 Å². The normalized spacial score (nSPS) is 10.7. The average molecular weight is 511 g/mol. The SMILES string of the molecule is COc1cc(C=NNC(=S)Nc2cccc(Cl)c2)ccc1OCC(=O)Nc1c(C)cc(C)cc1C. The molecule has 0 aromatic heterocycles. The summed E-state index contributed by atoms with van der Waals surface area (Å²) < 4.78 is 11.1. The smallest absolute Gasteiger partial charge is 0.262 e. The quantitative estimate of drug-likeness (QED) is 0.207. The van der Waals surface area contributed by atoms with Crippen LogP contribution in [0.25, 0.3) is 0 Å². The summed E-state index contributed by atoms with van der Waals surface area (Å²) in [5.41, 5.74) is 8.22. The fourth-order valence-corrected chi connectivity index (χ4v) is 3.83. The third-order valence-electron chi connectivity index (χ3n) is 4.95. The molecule has 0 aliphatic rings. The van der Waals surface area contributed by atoms with E-state index in [9.17, 15) is 4.79 Å². The standard InChI is InChI=1S/C26H27ClN4O3S/c1-16-10-17(2)25(18(3)11-16)30-24(32)15-34-22-9-8-19(12-23(22)33-4)14-28-31-26(35)29-21-7-5-6-20(27)13-21/h5-14H,15H2,1-4H3,(H,30,32)(H2,29,31,35). The van der Waals surface area contributed by atoms with Crippen LogP contribution >= 0.6 is 23.8 Å². The number of carbonyl (C=O) groups excluding carboxylic acids is 1. The molecule has 0 aliphatic carbocycles. The summed E-state index contributed by atoms with van der Waals surface area (Å²) in [6, 6.07) is 16.5. The van der Waals surface area contributed by atoms with Gasteiger partial charge in [-0.1, -0.05) is 35.4 Å². The van der Waals surface area contributed by atoms with Crippen LogP contribution in [0.4, 0.5) is 11.4 Å². The van der Waals surface area contributed by atoms with Gasteiger partial charge in [0.15, 0.2) is 23.2 Å². The van der Waals surface area contributed by atoms with Gasteiger partial charge in [-0.05, 0) is 86.1 Å². The van der Waals surface area contributed by atoms with E-state index in [1.165, 1.54) is 7.11 Å². The highest BCUT2D eigenvalue weighted by molar-refractivity contribution is 7.80. The zero-order valence-corrected chi connectivity index (χ0v) is 21.5. The van der Waals surface area contributed by atoms with E-state index in [4.69, 9.17) is 33.3 Å². The van der Waals surface area contributed by atoms with Gasteiger partial charge in [0, 0.05) is 16.4 Å². The Bertz CT molecular complexity index is 1240. The first-order chi connectivity index (χ1) is 16.7. The molecular formula is C26H27ClN4O3S. The Kier molecular flexibility index (Phi) is 9.05. The number of aryl methyl sites for hydroxylation is 3. The third-order valence-corrected chi connectivity index (χ3v) is 5.38. The molecule has 7 nitrogen and oxygen atoms in total. The maximum absolute atomic E-state index is 12.5. The highest BCUT2D eigenvalue weighted by Gasteiger charge is 2.11. The van der Waals surface area contributed by atoms with Crippen molar-refractivity contribution in [2.24, 2.45) is 5.10 Å². The van der Waals surface area contributed by atoms with Gasteiger partial charge in [-0.3, -0.25) is 10.2 Å². The molecule has 0 aliphatic heterocycles. The fourth-order valence-electron chi connectivity index (χ4n) is 3.47. The van der Waals surface area contributed by atoms with Gasteiger partial charge < -0.3 is 20.1 Å². The molecule has 35 heavy (non-hydrogen) atoms. The predicted molar refractivity (Wildman–Crippen MR) is 146 cm³/mol. The Balaban J connectivity index is 1.56. The molecule has 1 amide bonds. The molecule has 3 N–H and O–H groups in total. The van der Waals surface area contributed by atoms with Gasteiger partial charge in [-0.25, -0.2) is 0 Å². The lowest BCUT2D eigenvalue weighted by Gasteiger charge is -2.14. The molecule has 9 heteroatoms. The first-order valence-electron chi connectivity index (χ1n) is 10.8. The minimum absolute atomic E-state index is 0.151. The Morgan fingerprint density at radius 1 is 1.03 bits per heavy atom. The lowest BCUT2D eigenvalue weighted by atomic mass is 10.1. The number of hydrogen-bond acceptors (Lipinski definition) is 5. The molecule has 0 atom stereocenters. The van der Waals surface area contributed by atoms with E-state index in [-0.39, 0.29) is 12.5 Å². The van der Waals surface area contributed by atoms with Gasteiger partial charge in [0.05, 0.1) is 13.3 Å². The van der Waals surface area contributed by atoms with Gasteiger partial charge in [-0.15, -0.1) is 0 Å². The second kappa shape index (κ2) is 12.2. The number of halogens is 1. The second-order valence-electron chi connectivity index (χ2n) is 7.86. The van der Waals surface area contributed by atoms with Crippen molar-refractivity contribution in [3.8, 4) is 11.5 Å². The molecule has 3 aromatic carbocycles. The first-order valence-corrected chi connectivity index (χ1v) is 11.6. The predicted octanol–water partition coefficient (Wildman–Crippen LogP) is 5.61. The van der Waals surface area contributed by atoms with E-state index < -0.39 is 0 Å². The number of ether oxygens (including phenoxy) is 2.